The average Bonchev–Trinajstić information content (AvgIpc) is 3.62. The zero-order chi connectivity index (χ0) is 44.4. The first kappa shape index (κ1) is 43.2. The van der Waals surface area contributed by atoms with Crippen molar-refractivity contribution in [2.24, 2.45) is 7.05 Å². The van der Waals surface area contributed by atoms with Gasteiger partial charge in [0.15, 0.2) is 0 Å². The summed E-state index contributed by atoms with van der Waals surface area (Å²) < 4.78 is 1.90. The number of phenolic OH excluding ortho intramolecular Hbond substituents is 1. The van der Waals surface area contributed by atoms with Gasteiger partial charge in [-0.1, -0.05) is 66.7 Å². The molecule has 3 aromatic carbocycles. The lowest BCUT2D eigenvalue weighted by atomic mass is 9.97. The number of aryl methyl sites for hydroxylation is 2. The number of rotatable bonds is 12. The Hall–Kier alpha value is -6.51. The number of para-hydroxylation sites is 1. The van der Waals surface area contributed by atoms with E-state index < -0.39 is 12.2 Å². The van der Waals surface area contributed by atoms with Crippen LogP contribution in [0, 0.1) is 0 Å². The summed E-state index contributed by atoms with van der Waals surface area (Å²) in [4.78, 5) is 69.9. The highest BCUT2D eigenvalue weighted by Gasteiger charge is 2.51. The van der Waals surface area contributed by atoms with E-state index in [1.54, 1.807) is 62.6 Å². The van der Waals surface area contributed by atoms with E-state index >= 15 is 0 Å². The molecule has 0 bridgehead atoms. The number of fused-ring (bicyclic) bond motifs is 2. The first-order valence-corrected chi connectivity index (χ1v) is 21.7. The molecule has 3 aliphatic rings. The number of nitrogens with one attached hydrogen (secondary N) is 1. The van der Waals surface area contributed by atoms with Gasteiger partial charge >= 0.3 is 0 Å². The van der Waals surface area contributed by atoms with Gasteiger partial charge in [-0.05, 0) is 68.1 Å². The predicted octanol–water partition coefficient (Wildman–Crippen LogP) is 5.44. The molecule has 3 fully saturated rings. The molecule has 14 nitrogen and oxygen atoms in total. The van der Waals surface area contributed by atoms with Gasteiger partial charge in [0.05, 0.1) is 36.1 Å². The number of amides is 4. The summed E-state index contributed by atoms with van der Waals surface area (Å²) >= 11 is 0. The lowest BCUT2D eigenvalue weighted by Crippen LogP contribution is -2.75. The number of benzene rings is 3. The Balaban J connectivity index is 1.05. The maximum atomic E-state index is 14.8. The van der Waals surface area contributed by atoms with Crippen molar-refractivity contribution in [2.45, 2.75) is 64.3 Å². The zero-order valence-corrected chi connectivity index (χ0v) is 36.6. The number of aromatic hydroxyl groups is 1. The fourth-order valence-electron chi connectivity index (χ4n) is 9.29. The third-order valence-electron chi connectivity index (χ3n) is 12.5. The summed E-state index contributed by atoms with van der Waals surface area (Å²) in [7, 11) is 1.88. The standard InChI is InChI=1S/C49H57N9O5/c1-6-23-56-33-45(61)57-41(28-35-15-19-38(59)20-16-35)48(63)54(32-43(57)58(56)44(60)22-17-34-11-8-7-9-12-34)30-36-13-10-14-39-40(31-52(5)46(36)39)47(62)51-37-18-21-42(50-29-37)53-24-26-55(27-25-53)49(2,3)4/h6-16,18-21,29,31,41,43,59H,1,17,22-28,30,32-33H2,2-5H3,(H,51,62). The number of hydrogen-bond donors (Lipinski definition) is 2. The summed E-state index contributed by atoms with van der Waals surface area (Å²) in [6, 6.07) is 25.1. The van der Waals surface area contributed by atoms with Crippen molar-refractivity contribution >= 4 is 46.0 Å². The number of carbonyl (C=O) groups excluding carboxylic acids is 4. The number of anilines is 2. The van der Waals surface area contributed by atoms with Gasteiger partial charge in [-0.25, -0.2) is 15.0 Å². The largest absolute Gasteiger partial charge is 0.508 e. The molecule has 8 rings (SSSR count). The Morgan fingerprint density at radius 3 is 2.35 bits per heavy atom. The molecule has 2 N–H and O–H groups in total. The second kappa shape index (κ2) is 18.1. The molecule has 0 aliphatic carbocycles. The second-order valence-electron chi connectivity index (χ2n) is 17.7. The van der Waals surface area contributed by atoms with Crippen molar-refractivity contribution in [1.29, 1.82) is 0 Å². The van der Waals surface area contributed by atoms with Crippen LogP contribution in [0.25, 0.3) is 10.9 Å². The molecule has 4 amide bonds. The van der Waals surface area contributed by atoms with E-state index in [-0.39, 0.29) is 73.9 Å². The van der Waals surface area contributed by atoms with Gasteiger partial charge in [-0.15, -0.1) is 6.58 Å². The molecule has 2 aromatic heterocycles. The molecule has 3 aliphatic heterocycles. The number of pyridine rings is 1. The molecule has 2 unspecified atom stereocenters. The number of aromatic nitrogens is 2. The Bertz CT molecular complexity index is 2470. The van der Waals surface area contributed by atoms with E-state index in [0.717, 1.165) is 59.6 Å². The molecule has 0 saturated carbocycles. The van der Waals surface area contributed by atoms with E-state index in [0.29, 0.717) is 17.7 Å². The van der Waals surface area contributed by atoms with Crippen molar-refractivity contribution in [2.75, 3.05) is 56.0 Å². The molecule has 5 aromatic rings. The third-order valence-corrected chi connectivity index (χ3v) is 12.5. The molecule has 5 heterocycles. The summed E-state index contributed by atoms with van der Waals surface area (Å²) in [6.45, 7) is 14.7. The second-order valence-corrected chi connectivity index (χ2v) is 17.7. The van der Waals surface area contributed by atoms with Crippen LogP contribution in [-0.4, -0.2) is 127 Å². The van der Waals surface area contributed by atoms with Gasteiger partial charge in [-0.3, -0.25) is 24.1 Å². The van der Waals surface area contributed by atoms with Gasteiger partial charge < -0.3 is 29.7 Å². The quantitative estimate of drug-likeness (QED) is 0.157. The minimum atomic E-state index is -0.918. The molecule has 14 heteroatoms. The molecule has 0 spiro atoms. The number of nitrogens with zero attached hydrogens (tertiary/aromatic N) is 8. The van der Waals surface area contributed by atoms with E-state index in [4.69, 9.17) is 4.98 Å². The molecular weight excluding hydrogens is 795 g/mol. The summed E-state index contributed by atoms with van der Waals surface area (Å²) in [5, 5.41) is 17.2. The van der Waals surface area contributed by atoms with Crippen LogP contribution in [0.15, 0.2) is 110 Å². The third kappa shape index (κ3) is 9.18. The van der Waals surface area contributed by atoms with Crippen LogP contribution in [0.2, 0.25) is 0 Å². The summed E-state index contributed by atoms with van der Waals surface area (Å²) in [5.41, 5.74) is 4.58. The maximum Gasteiger partial charge on any atom is 0.257 e. The number of hydrazine groups is 1. The highest BCUT2D eigenvalue weighted by molar-refractivity contribution is 6.13. The molecule has 0 radical (unpaired) electrons. The Morgan fingerprint density at radius 2 is 1.67 bits per heavy atom. The van der Waals surface area contributed by atoms with E-state index in [1.807, 2.05) is 72.3 Å². The fourth-order valence-corrected chi connectivity index (χ4v) is 9.29. The molecule has 2 atom stereocenters. The molecule has 63 heavy (non-hydrogen) atoms. The van der Waals surface area contributed by atoms with Crippen LogP contribution < -0.4 is 10.2 Å². The van der Waals surface area contributed by atoms with Gasteiger partial charge in [0, 0.05) is 76.3 Å². The Labute approximate surface area is 368 Å². The minimum Gasteiger partial charge on any atom is -0.508 e. The lowest BCUT2D eigenvalue weighted by molar-refractivity contribution is -0.205. The molecule has 328 valence electrons. The van der Waals surface area contributed by atoms with Crippen LogP contribution in [0.5, 0.6) is 5.75 Å². The van der Waals surface area contributed by atoms with Crippen LogP contribution in [0.3, 0.4) is 0 Å². The zero-order valence-electron chi connectivity index (χ0n) is 36.6. The topological polar surface area (TPSA) is 138 Å². The van der Waals surface area contributed by atoms with Crippen molar-refractivity contribution in [3.63, 3.8) is 0 Å². The first-order chi connectivity index (χ1) is 30.3. The maximum absolute atomic E-state index is 14.8. The first-order valence-electron chi connectivity index (χ1n) is 21.7. The Kier molecular flexibility index (Phi) is 12.4. The molecule has 3 saturated heterocycles. The smallest absolute Gasteiger partial charge is 0.257 e. The van der Waals surface area contributed by atoms with Gasteiger partial charge in [0.25, 0.3) is 5.91 Å². The number of carbonyl (C=O) groups is 4. The van der Waals surface area contributed by atoms with Crippen molar-refractivity contribution in [3.05, 3.63) is 132 Å². The summed E-state index contributed by atoms with van der Waals surface area (Å²) in [5.74, 6) is 0.0224. The highest BCUT2D eigenvalue weighted by atomic mass is 16.3. The number of hydrogen-bond acceptors (Lipinski definition) is 9. The fraction of sp³-hybridized carbons (Fsp3) is 0.367. The van der Waals surface area contributed by atoms with E-state index in [1.165, 1.54) is 0 Å². The van der Waals surface area contributed by atoms with E-state index in [9.17, 15) is 24.3 Å². The van der Waals surface area contributed by atoms with Crippen LogP contribution in [-0.2, 0) is 40.8 Å². The van der Waals surface area contributed by atoms with Gasteiger partial charge in [0.1, 0.15) is 23.8 Å². The van der Waals surface area contributed by atoms with Crippen molar-refractivity contribution in [3.8, 4) is 5.75 Å². The molecular formula is C49H57N9O5. The van der Waals surface area contributed by atoms with Crippen molar-refractivity contribution in [1.82, 2.24) is 34.3 Å². The van der Waals surface area contributed by atoms with Crippen LogP contribution in [0.1, 0.15) is 54.2 Å². The summed E-state index contributed by atoms with van der Waals surface area (Å²) in [6.07, 6.45) is 5.29. The van der Waals surface area contributed by atoms with Crippen LogP contribution in [0.4, 0.5) is 11.5 Å². The minimum absolute atomic E-state index is 0.0742. The Morgan fingerprint density at radius 1 is 0.921 bits per heavy atom. The SMILES string of the molecule is C=CCN1CC(=O)N2C(Cc3ccc(O)cc3)C(=O)N(Cc3cccc4c(C(=O)Nc5ccc(N6CCN(C(C)(C)C)CC6)nc5)cn(C)c34)CC2N1C(=O)CCc1ccccc1. The van der Waals surface area contributed by atoms with Crippen LogP contribution >= 0.6 is 0 Å². The number of piperazine rings is 2. The monoisotopic (exact) mass is 851 g/mol. The van der Waals surface area contributed by atoms with E-state index in [2.05, 4.69) is 42.5 Å². The van der Waals surface area contributed by atoms with Crippen molar-refractivity contribution < 1.29 is 24.3 Å². The van der Waals surface area contributed by atoms with Gasteiger partial charge in [-0.2, -0.15) is 0 Å². The highest BCUT2D eigenvalue weighted by Crippen LogP contribution is 2.33. The predicted molar refractivity (Wildman–Crippen MR) is 244 cm³/mol. The lowest BCUT2D eigenvalue weighted by Gasteiger charge is -2.55. The number of phenols is 1. The van der Waals surface area contributed by atoms with Gasteiger partial charge in [0.2, 0.25) is 17.7 Å². The average molecular weight is 852 g/mol. The normalized spacial score (nSPS) is 18.8.